The molecule has 0 aliphatic heterocycles. The van der Waals surface area contributed by atoms with Gasteiger partial charge < -0.3 is 10.5 Å². The molecule has 18 heavy (non-hydrogen) atoms. The number of aromatic nitrogens is 1. The molecular weight excluding hydrogens is 248 g/mol. The van der Waals surface area contributed by atoms with Gasteiger partial charge in [0, 0.05) is 6.04 Å². The van der Waals surface area contributed by atoms with Gasteiger partial charge in [0.15, 0.2) is 0 Å². The minimum Gasteiger partial charge on any atom is -0.454 e. The molecule has 0 fully saturated rings. The third kappa shape index (κ3) is 3.00. The van der Waals surface area contributed by atoms with Crippen LogP contribution < -0.4 is 10.5 Å². The van der Waals surface area contributed by atoms with Crippen LogP contribution in [0.15, 0.2) is 36.5 Å². The van der Waals surface area contributed by atoms with Crippen molar-refractivity contribution < 1.29 is 4.74 Å². The Bertz CT molecular complexity index is 538. The summed E-state index contributed by atoms with van der Waals surface area (Å²) in [4.78, 5) is 4.23. The molecule has 3 nitrogen and oxygen atoms in total. The lowest BCUT2D eigenvalue weighted by atomic mass is 10.2. The first-order valence-electron chi connectivity index (χ1n) is 5.72. The number of rotatable bonds is 3. The standard InChI is InChI=1S/C14H15ClN2O/c1-9-3-5-12(15)14(7-9)18-11-4-6-13(10(2)16)17-8-11/h3-8,10H,16H2,1-2H3/t10-/m0/s1. The maximum atomic E-state index is 6.06. The molecule has 0 spiro atoms. The molecule has 2 rings (SSSR count). The van der Waals surface area contributed by atoms with Gasteiger partial charge in [-0.25, -0.2) is 0 Å². The van der Waals surface area contributed by atoms with Gasteiger partial charge in [-0.05, 0) is 43.7 Å². The number of nitrogens with two attached hydrogens (primary N) is 1. The predicted molar refractivity (Wildman–Crippen MR) is 73.1 cm³/mol. The van der Waals surface area contributed by atoms with Crippen LogP contribution in [0.4, 0.5) is 0 Å². The van der Waals surface area contributed by atoms with Gasteiger partial charge in [0.05, 0.1) is 16.9 Å². The van der Waals surface area contributed by atoms with E-state index in [1.807, 2.05) is 44.2 Å². The van der Waals surface area contributed by atoms with E-state index in [1.54, 1.807) is 6.20 Å². The molecular formula is C14H15ClN2O. The molecule has 0 saturated carbocycles. The second kappa shape index (κ2) is 5.38. The summed E-state index contributed by atoms with van der Waals surface area (Å²) in [7, 11) is 0. The third-order valence-corrected chi connectivity index (χ3v) is 2.85. The fraction of sp³-hybridized carbons (Fsp3) is 0.214. The number of nitrogens with zero attached hydrogens (tertiary/aromatic N) is 1. The van der Waals surface area contributed by atoms with Gasteiger partial charge in [-0.15, -0.1) is 0 Å². The van der Waals surface area contributed by atoms with Crippen molar-refractivity contribution in [1.29, 1.82) is 0 Å². The first-order valence-corrected chi connectivity index (χ1v) is 6.09. The van der Waals surface area contributed by atoms with E-state index in [1.165, 1.54) is 0 Å². The van der Waals surface area contributed by atoms with Crippen molar-refractivity contribution in [3.05, 3.63) is 52.8 Å². The summed E-state index contributed by atoms with van der Waals surface area (Å²) >= 11 is 6.06. The van der Waals surface area contributed by atoms with Crippen LogP contribution in [0.3, 0.4) is 0 Å². The lowest BCUT2D eigenvalue weighted by molar-refractivity contribution is 0.479. The van der Waals surface area contributed by atoms with Crippen LogP contribution in [0.5, 0.6) is 11.5 Å². The summed E-state index contributed by atoms with van der Waals surface area (Å²) in [6.07, 6.45) is 1.65. The highest BCUT2D eigenvalue weighted by Crippen LogP contribution is 2.29. The molecule has 1 aromatic carbocycles. The van der Waals surface area contributed by atoms with Crippen molar-refractivity contribution in [2.45, 2.75) is 19.9 Å². The summed E-state index contributed by atoms with van der Waals surface area (Å²) in [5.41, 5.74) is 7.66. The van der Waals surface area contributed by atoms with Gasteiger partial charge in [0.25, 0.3) is 0 Å². The molecule has 0 saturated heterocycles. The molecule has 0 unspecified atom stereocenters. The fourth-order valence-corrected chi connectivity index (χ4v) is 1.69. The quantitative estimate of drug-likeness (QED) is 0.914. The third-order valence-electron chi connectivity index (χ3n) is 2.54. The Kier molecular flexibility index (Phi) is 3.84. The smallest absolute Gasteiger partial charge is 0.146 e. The number of aryl methyl sites for hydroxylation is 1. The van der Waals surface area contributed by atoms with Crippen molar-refractivity contribution >= 4 is 11.6 Å². The molecule has 4 heteroatoms. The van der Waals surface area contributed by atoms with E-state index in [4.69, 9.17) is 22.1 Å². The predicted octanol–water partition coefficient (Wildman–Crippen LogP) is 3.86. The second-order valence-corrected chi connectivity index (χ2v) is 4.65. The lowest BCUT2D eigenvalue weighted by Gasteiger charge is -2.09. The van der Waals surface area contributed by atoms with Crippen LogP contribution in [0.1, 0.15) is 24.2 Å². The molecule has 2 aromatic rings. The number of pyridine rings is 1. The molecule has 0 amide bonds. The zero-order valence-electron chi connectivity index (χ0n) is 10.4. The van der Waals surface area contributed by atoms with Crippen LogP contribution in [0, 0.1) is 6.92 Å². The van der Waals surface area contributed by atoms with Gasteiger partial charge in [0.1, 0.15) is 11.5 Å². The Morgan fingerprint density at radius 2 is 2.06 bits per heavy atom. The van der Waals surface area contributed by atoms with E-state index in [2.05, 4.69) is 4.98 Å². The number of hydrogen-bond donors (Lipinski definition) is 1. The number of benzene rings is 1. The molecule has 1 aromatic heterocycles. The molecule has 0 radical (unpaired) electrons. The SMILES string of the molecule is Cc1ccc(Cl)c(Oc2ccc([C@H](C)N)nc2)c1. The first kappa shape index (κ1) is 12.9. The monoisotopic (exact) mass is 262 g/mol. The normalized spacial score (nSPS) is 12.2. The average molecular weight is 263 g/mol. The number of ether oxygens (including phenoxy) is 1. The molecule has 94 valence electrons. The number of halogens is 1. The van der Waals surface area contributed by atoms with Gasteiger partial charge in [-0.2, -0.15) is 0 Å². The second-order valence-electron chi connectivity index (χ2n) is 4.24. The topological polar surface area (TPSA) is 48.1 Å². The fourth-order valence-electron chi connectivity index (χ4n) is 1.54. The molecule has 1 atom stereocenters. The molecule has 2 N–H and O–H groups in total. The largest absolute Gasteiger partial charge is 0.454 e. The highest BCUT2D eigenvalue weighted by atomic mass is 35.5. The lowest BCUT2D eigenvalue weighted by Crippen LogP contribution is -2.06. The van der Waals surface area contributed by atoms with Crippen LogP contribution in [-0.2, 0) is 0 Å². The molecule has 0 aliphatic rings. The molecule has 1 heterocycles. The Morgan fingerprint density at radius 1 is 1.28 bits per heavy atom. The van der Waals surface area contributed by atoms with E-state index in [9.17, 15) is 0 Å². The molecule has 0 aliphatic carbocycles. The Balaban J connectivity index is 2.21. The van der Waals surface area contributed by atoms with Gasteiger partial charge >= 0.3 is 0 Å². The summed E-state index contributed by atoms with van der Waals surface area (Å²) in [5.74, 6) is 1.28. The first-order chi connectivity index (χ1) is 8.56. The van der Waals surface area contributed by atoms with Crippen molar-refractivity contribution in [1.82, 2.24) is 4.98 Å². The Labute approximate surface area is 112 Å². The van der Waals surface area contributed by atoms with E-state index < -0.39 is 0 Å². The number of hydrogen-bond acceptors (Lipinski definition) is 3. The van der Waals surface area contributed by atoms with Crippen molar-refractivity contribution in [3.63, 3.8) is 0 Å². The zero-order valence-corrected chi connectivity index (χ0v) is 11.1. The highest BCUT2D eigenvalue weighted by molar-refractivity contribution is 6.32. The van der Waals surface area contributed by atoms with E-state index in [0.717, 1.165) is 11.3 Å². The highest BCUT2D eigenvalue weighted by Gasteiger charge is 2.05. The van der Waals surface area contributed by atoms with Gasteiger partial charge in [-0.1, -0.05) is 17.7 Å². The summed E-state index contributed by atoms with van der Waals surface area (Å²) in [6, 6.07) is 9.25. The Hall–Kier alpha value is -1.58. The Morgan fingerprint density at radius 3 is 2.67 bits per heavy atom. The van der Waals surface area contributed by atoms with Crippen LogP contribution in [-0.4, -0.2) is 4.98 Å². The van der Waals surface area contributed by atoms with E-state index in [0.29, 0.717) is 16.5 Å². The van der Waals surface area contributed by atoms with Crippen molar-refractivity contribution in [2.24, 2.45) is 5.73 Å². The van der Waals surface area contributed by atoms with Crippen LogP contribution >= 0.6 is 11.6 Å². The molecule has 0 bridgehead atoms. The zero-order chi connectivity index (χ0) is 13.1. The van der Waals surface area contributed by atoms with Crippen LogP contribution in [0.2, 0.25) is 5.02 Å². The summed E-state index contributed by atoms with van der Waals surface area (Å²) < 4.78 is 5.69. The summed E-state index contributed by atoms with van der Waals surface area (Å²) in [5, 5.41) is 0.580. The minimum atomic E-state index is -0.0818. The van der Waals surface area contributed by atoms with Crippen molar-refractivity contribution in [3.8, 4) is 11.5 Å². The summed E-state index contributed by atoms with van der Waals surface area (Å²) in [6.45, 7) is 3.88. The van der Waals surface area contributed by atoms with Crippen molar-refractivity contribution in [2.75, 3.05) is 0 Å². The van der Waals surface area contributed by atoms with Crippen LogP contribution in [0.25, 0.3) is 0 Å². The maximum absolute atomic E-state index is 6.06. The van der Waals surface area contributed by atoms with E-state index >= 15 is 0 Å². The van der Waals surface area contributed by atoms with E-state index in [-0.39, 0.29) is 6.04 Å². The van der Waals surface area contributed by atoms with Gasteiger partial charge in [0.2, 0.25) is 0 Å². The minimum absolute atomic E-state index is 0.0818. The average Bonchev–Trinajstić information content (AvgIpc) is 2.34. The van der Waals surface area contributed by atoms with Gasteiger partial charge in [-0.3, -0.25) is 4.98 Å². The maximum Gasteiger partial charge on any atom is 0.146 e.